The Hall–Kier alpha value is -5.20. The maximum atomic E-state index is 6.32. The lowest BCUT2D eigenvalue weighted by atomic mass is 10.1. The van der Waals surface area contributed by atoms with Gasteiger partial charge in [-0.25, -0.2) is 19.9 Å². The van der Waals surface area contributed by atoms with Crippen molar-refractivity contribution in [3.63, 3.8) is 0 Å². The third kappa shape index (κ3) is 3.85. The molecule has 0 aliphatic heterocycles. The molecule has 0 spiro atoms. The summed E-state index contributed by atoms with van der Waals surface area (Å²) in [6.07, 6.45) is 0. The Morgan fingerprint density at radius 3 is 2.00 bits per heavy atom. The smallest absolute Gasteiger partial charge is 0.167 e. The van der Waals surface area contributed by atoms with Crippen molar-refractivity contribution in [3.8, 4) is 44.7 Å². The molecule has 0 saturated heterocycles. The molecule has 5 nitrogen and oxygen atoms in total. The summed E-state index contributed by atoms with van der Waals surface area (Å²) >= 11 is 1.67. The number of furan rings is 1. The van der Waals surface area contributed by atoms with E-state index in [1.165, 1.54) is 0 Å². The molecule has 0 saturated carbocycles. The zero-order chi connectivity index (χ0) is 26.5. The molecule has 5 aromatic carbocycles. The predicted octanol–water partition coefficient (Wildman–Crippen LogP) is 9.05. The number of nitrogens with zero attached hydrogens (tertiary/aromatic N) is 4. The summed E-state index contributed by atoms with van der Waals surface area (Å²) in [6, 6.07) is 40.6. The number of para-hydroxylation sites is 2. The Morgan fingerprint density at radius 2 is 1.18 bits per heavy atom. The van der Waals surface area contributed by atoms with Crippen molar-refractivity contribution in [2.45, 2.75) is 0 Å². The van der Waals surface area contributed by atoms with E-state index in [1.54, 1.807) is 11.3 Å². The summed E-state index contributed by atoms with van der Waals surface area (Å²) in [5.74, 6) is 1.79. The number of benzene rings is 5. The van der Waals surface area contributed by atoms with Gasteiger partial charge >= 0.3 is 0 Å². The van der Waals surface area contributed by atoms with E-state index in [9.17, 15) is 0 Å². The van der Waals surface area contributed by atoms with Crippen LogP contribution in [0.3, 0.4) is 0 Å². The highest BCUT2D eigenvalue weighted by molar-refractivity contribution is 7.21. The molecule has 0 fully saturated rings. The lowest BCUT2D eigenvalue weighted by Gasteiger charge is -2.08. The van der Waals surface area contributed by atoms with Gasteiger partial charge in [-0.3, -0.25) is 0 Å². The third-order valence-electron chi connectivity index (χ3n) is 6.98. The first-order valence-electron chi connectivity index (χ1n) is 13.0. The van der Waals surface area contributed by atoms with Crippen molar-refractivity contribution in [1.82, 2.24) is 19.9 Å². The topological polar surface area (TPSA) is 64.7 Å². The first kappa shape index (κ1) is 22.8. The third-order valence-corrected chi connectivity index (χ3v) is 8.05. The van der Waals surface area contributed by atoms with Gasteiger partial charge in [-0.1, -0.05) is 91.0 Å². The van der Waals surface area contributed by atoms with Crippen molar-refractivity contribution in [3.05, 3.63) is 121 Å². The summed E-state index contributed by atoms with van der Waals surface area (Å²) < 4.78 is 7.41. The average molecular weight is 533 g/mol. The fourth-order valence-corrected chi connectivity index (χ4v) is 6.04. The molecule has 0 bridgehead atoms. The van der Waals surface area contributed by atoms with Crippen LogP contribution in [0.4, 0.5) is 0 Å². The Morgan fingerprint density at radius 1 is 0.500 bits per heavy atom. The predicted molar refractivity (Wildman–Crippen MR) is 162 cm³/mol. The lowest BCUT2D eigenvalue weighted by Crippen LogP contribution is -2.00. The molecule has 0 unspecified atom stereocenters. The first-order chi connectivity index (χ1) is 19.8. The molecule has 8 aromatic rings. The van der Waals surface area contributed by atoms with Crippen molar-refractivity contribution in [2.75, 3.05) is 0 Å². The van der Waals surface area contributed by atoms with Gasteiger partial charge in [0, 0.05) is 27.5 Å². The van der Waals surface area contributed by atoms with Gasteiger partial charge in [0.1, 0.15) is 16.2 Å². The number of hydrogen-bond acceptors (Lipinski definition) is 6. The monoisotopic (exact) mass is 532 g/mol. The number of fused-ring (bicyclic) bond motifs is 4. The normalized spacial score (nSPS) is 11.5. The van der Waals surface area contributed by atoms with Crippen LogP contribution in [0, 0.1) is 0 Å². The van der Waals surface area contributed by atoms with Crippen LogP contribution in [0.2, 0.25) is 0 Å². The Bertz CT molecular complexity index is 2170. The molecular weight excluding hydrogens is 512 g/mol. The van der Waals surface area contributed by atoms with Gasteiger partial charge in [-0.05, 0) is 30.3 Å². The highest BCUT2D eigenvalue weighted by Crippen LogP contribution is 2.36. The molecule has 0 aliphatic carbocycles. The quantitative estimate of drug-likeness (QED) is 0.226. The molecule has 3 aromatic heterocycles. The Balaban J connectivity index is 1.32. The van der Waals surface area contributed by atoms with Crippen molar-refractivity contribution >= 4 is 43.5 Å². The molecule has 8 rings (SSSR count). The summed E-state index contributed by atoms with van der Waals surface area (Å²) in [5, 5.41) is 3.10. The van der Waals surface area contributed by atoms with E-state index < -0.39 is 0 Å². The van der Waals surface area contributed by atoms with Gasteiger partial charge in [0.25, 0.3) is 0 Å². The van der Waals surface area contributed by atoms with Crippen LogP contribution in [-0.2, 0) is 0 Å². The van der Waals surface area contributed by atoms with Crippen molar-refractivity contribution < 1.29 is 4.42 Å². The van der Waals surface area contributed by atoms with Gasteiger partial charge in [0.2, 0.25) is 0 Å². The lowest BCUT2D eigenvalue weighted by molar-refractivity contribution is 0.669. The van der Waals surface area contributed by atoms with Crippen molar-refractivity contribution in [2.24, 2.45) is 0 Å². The molecule has 0 N–H and O–H groups in total. The van der Waals surface area contributed by atoms with Gasteiger partial charge in [0.05, 0.1) is 15.8 Å². The second-order valence-electron chi connectivity index (χ2n) is 9.52. The number of hydrogen-bond donors (Lipinski definition) is 0. The minimum absolute atomic E-state index is 0.572. The molecule has 188 valence electrons. The highest BCUT2D eigenvalue weighted by atomic mass is 32.1. The molecule has 3 heterocycles. The highest BCUT2D eigenvalue weighted by Gasteiger charge is 2.18. The fraction of sp³-hybridized carbons (Fsp3) is 0. The fourth-order valence-electron chi connectivity index (χ4n) is 5.03. The van der Waals surface area contributed by atoms with E-state index >= 15 is 0 Å². The number of aromatic nitrogens is 4. The summed E-state index contributed by atoms with van der Waals surface area (Å²) in [6.45, 7) is 0. The van der Waals surface area contributed by atoms with Crippen LogP contribution in [0.1, 0.15) is 0 Å². The number of thiazole rings is 1. The van der Waals surface area contributed by atoms with Crippen molar-refractivity contribution in [1.29, 1.82) is 0 Å². The molecule has 0 atom stereocenters. The first-order valence-corrected chi connectivity index (χ1v) is 13.8. The molecule has 40 heavy (non-hydrogen) atoms. The van der Waals surface area contributed by atoms with E-state index in [2.05, 4.69) is 30.3 Å². The average Bonchev–Trinajstić information content (AvgIpc) is 3.63. The van der Waals surface area contributed by atoms with Crippen LogP contribution in [0.5, 0.6) is 0 Å². The van der Waals surface area contributed by atoms with Crippen LogP contribution in [-0.4, -0.2) is 19.9 Å². The molecule has 6 heteroatoms. The minimum atomic E-state index is 0.572. The maximum Gasteiger partial charge on any atom is 0.167 e. The van der Waals surface area contributed by atoms with Crippen LogP contribution in [0.25, 0.3) is 76.9 Å². The summed E-state index contributed by atoms with van der Waals surface area (Å²) in [4.78, 5) is 19.7. The second-order valence-corrected chi connectivity index (χ2v) is 10.6. The van der Waals surface area contributed by atoms with Crippen LogP contribution in [0.15, 0.2) is 126 Å². The Labute approximate surface area is 233 Å². The van der Waals surface area contributed by atoms with E-state index in [0.29, 0.717) is 17.5 Å². The second kappa shape index (κ2) is 9.22. The standard InChI is InChI=1S/C34H20N4OS/c1-3-10-21(11-4-1)31-36-32(23-18-19-27-29(20-23)40-34(35-27)22-12-5-2-6-13-22)38-33(37-31)26-16-9-15-25-24-14-7-8-17-28(24)39-30(25)26/h1-20H. The van der Waals surface area contributed by atoms with E-state index in [4.69, 9.17) is 24.4 Å². The molecular formula is C34H20N4OS. The van der Waals surface area contributed by atoms with E-state index in [0.717, 1.165) is 59.4 Å². The van der Waals surface area contributed by atoms with Gasteiger partial charge in [-0.2, -0.15) is 0 Å². The Kier molecular flexibility index (Phi) is 5.24. The largest absolute Gasteiger partial charge is 0.455 e. The van der Waals surface area contributed by atoms with Gasteiger partial charge < -0.3 is 4.42 Å². The van der Waals surface area contributed by atoms with Gasteiger partial charge in [-0.15, -0.1) is 11.3 Å². The molecule has 0 amide bonds. The maximum absolute atomic E-state index is 6.32. The molecule has 0 aliphatic rings. The molecule has 0 radical (unpaired) electrons. The summed E-state index contributed by atoms with van der Waals surface area (Å²) in [5.41, 5.74) is 6.34. The van der Waals surface area contributed by atoms with Crippen LogP contribution >= 0.6 is 11.3 Å². The zero-order valence-corrected chi connectivity index (χ0v) is 22.0. The minimum Gasteiger partial charge on any atom is -0.455 e. The summed E-state index contributed by atoms with van der Waals surface area (Å²) in [7, 11) is 0. The van der Waals surface area contributed by atoms with E-state index in [1.807, 2.05) is 91.0 Å². The number of rotatable bonds is 4. The zero-order valence-electron chi connectivity index (χ0n) is 21.2. The van der Waals surface area contributed by atoms with Gasteiger partial charge in [0.15, 0.2) is 17.5 Å². The SMILES string of the molecule is c1ccc(-c2nc(-c3ccc4nc(-c5ccccc5)sc4c3)nc(-c3cccc4c3oc3ccccc34)n2)cc1. The van der Waals surface area contributed by atoms with Crippen LogP contribution < -0.4 is 0 Å². The van der Waals surface area contributed by atoms with E-state index in [-0.39, 0.29) is 0 Å².